The van der Waals surface area contributed by atoms with Crippen LogP contribution >= 0.6 is 0 Å². The van der Waals surface area contributed by atoms with Gasteiger partial charge in [-0.2, -0.15) is 5.10 Å². The Morgan fingerprint density at radius 3 is 2.77 bits per heavy atom. The zero-order chi connectivity index (χ0) is 15.6. The van der Waals surface area contributed by atoms with E-state index in [0.717, 1.165) is 51.7 Å². The molecule has 5 nitrogen and oxygen atoms in total. The van der Waals surface area contributed by atoms with Gasteiger partial charge in [-0.05, 0) is 65.8 Å². The van der Waals surface area contributed by atoms with Crippen LogP contribution in [0, 0.1) is 11.8 Å². The van der Waals surface area contributed by atoms with Crippen LogP contribution in [0.2, 0.25) is 0 Å². The molecule has 1 amide bonds. The molecule has 1 saturated heterocycles. The van der Waals surface area contributed by atoms with Crippen LogP contribution in [0.1, 0.15) is 32.1 Å². The maximum Gasteiger partial charge on any atom is 0.247 e. The largest absolute Gasteiger partial charge is 0.317 e. The number of fused-ring (bicyclic) bond motifs is 1. The molecule has 2 aliphatic heterocycles. The number of carbonyl (C=O) groups excluding carboxylic acids is 1. The van der Waals surface area contributed by atoms with Gasteiger partial charge in [0.05, 0.1) is 11.5 Å². The Morgan fingerprint density at radius 2 is 2.05 bits per heavy atom. The van der Waals surface area contributed by atoms with E-state index in [2.05, 4.69) is 41.6 Å². The number of rotatable bonds is 4. The summed E-state index contributed by atoms with van der Waals surface area (Å²) >= 11 is 0. The highest BCUT2D eigenvalue weighted by atomic mass is 16.2. The lowest BCUT2D eigenvalue weighted by molar-refractivity contribution is -0.146. The van der Waals surface area contributed by atoms with Crippen LogP contribution in [-0.4, -0.2) is 61.3 Å². The van der Waals surface area contributed by atoms with E-state index in [1.54, 1.807) is 0 Å². The Hall–Kier alpha value is -1.20. The molecule has 0 aromatic rings. The molecule has 2 heterocycles. The van der Waals surface area contributed by atoms with E-state index in [0.29, 0.717) is 5.92 Å². The number of nitrogens with one attached hydrogen (secondary N) is 1. The topological polar surface area (TPSA) is 47.9 Å². The van der Waals surface area contributed by atoms with Gasteiger partial charge in [0.2, 0.25) is 5.91 Å². The molecule has 3 rings (SSSR count). The van der Waals surface area contributed by atoms with Crippen molar-refractivity contribution in [2.75, 3.05) is 33.7 Å². The highest BCUT2D eigenvalue weighted by Crippen LogP contribution is 2.37. The first-order chi connectivity index (χ1) is 10.6. The lowest BCUT2D eigenvalue weighted by Gasteiger charge is -2.47. The van der Waals surface area contributed by atoms with E-state index in [-0.39, 0.29) is 17.4 Å². The Balaban J connectivity index is 1.83. The van der Waals surface area contributed by atoms with Crippen molar-refractivity contribution in [2.24, 2.45) is 16.9 Å². The van der Waals surface area contributed by atoms with Crippen molar-refractivity contribution in [3.8, 4) is 0 Å². The summed E-state index contributed by atoms with van der Waals surface area (Å²) in [6.07, 6.45) is 11.2. The molecule has 0 radical (unpaired) electrons. The predicted molar refractivity (Wildman–Crippen MR) is 88.7 cm³/mol. The Kier molecular flexibility index (Phi) is 4.64. The number of allylic oxidation sites excluding steroid dienone is 2. The molecular formula is C17H28N4O. The fourth-order valence-corrected chi connectivity index (χ4v) is 3.90. The van der Waals surface area contributed by atoms with Crippen molar-refractivity contribution in [1.82, 2.24) is 15.2 Å². The molecule has 0 spiro atoms. The zero-order valence-electron chi connectivity index (χ0n) is 13.8. The van der Waals surface area contributed by atoms with Crippen LogP contribution in [0.25, 0.3) is 0 Å². The normalized spacial score (nSPS) is 30.7. The smallest absolute Gasteiger partial charge is 0.247 e. The van der Waals surface area contributed by atoms with E-state index in [9.17, 15) is 4.79 Å². The summed E-state index contributed by atoms with van der Waals surface area (Å²) < 4.78 is 0. The first-order valence-corrected chi connectivity index (χ1v) is 8.51. The maximum absolute atomic E-state index is 13.1. The van der Waals surface area contributed by atoms with Crippen LogP contribution in [0.3, 0.4) is 0 Å². The number of hydrogen-bond acceptors (Lipinski definition) is 4. The van der Waals surface area contributed by atoms with Crippen LogP contribution in [-0.2, 0) is 4.79 Å². The predicted octanol–water partition coefficient (Wildman–Crippen LogP) is 1.47. The minimum Gasteiger partial charge on any atom is -0.317 e. The minimum atomic E-state index is -0.102. The van der Waals surface area contributed by atoms with Crippen molar-refractivity contribution in [2.45, 2.75) is 37.6 Å². The molecule has 0 saturated carbocycles. The first kappa shape index (κ1) is 15.7. The number of carbonyl (C=O) groups is 1. The van der Waals surface area contributed by atoms with Crippen LogP contribution in [0.4, 0.5) is 0 Å². The van der Waals surface area contributed by atoms with Gasteiger partial charge < -0.3 is 10.2 Å². The summed E-state index contributed by atoms with van der Waals surface area (Å²) in [5.74, 6) is 0.660. The molecule has 2 unspecified atom stereocenters. The fraction of sp³-hybridized carbons (Fsp3) is 0.765. The number of nitrogens with zero attached hydrogens (tertiary/aromatic N) is 3. The second-order valence-corrected chi connectivity index (χ2v) is 7.16. The number of amides is 1. The van der Waals surface area contributed by atoms with Crippen molar-refractivity contribution < 1.29 is 4.79 Å². The summed E-state index contributed by atoms with van der Waals surface area (Å²) in [6, 6.07) is 0. The van der Waals surface area contributed by atoms with Gasteiger partial charge in [0.25, 0.3) is 0 Å². The van der Waals surface area contributed by atoms with Crippen molar-refractivity contribution in [3.05, 3.63) is 12.2 Å². The Labute approximate surface area is 133 Å². The molecule has 0 aromatic heterocycles. The van der Waals surface area contributed by atoms with Gasteiger partial charge in [0.15, 0.2) is 0 Å². The lowest BCUT2D eigenvalue weighted by atomic mass is 9.78. The molecule has 1 aliphatic carbocycles. The van der Waals surface area contributed by atoms with Gasteiger partial charge in [-0.25, -0.2) is 5.01 Å². The number of hydrogen-bond donors (Lipinski definition) is 1. The van der Waals surface area contributed by atoms with Gasteiger partial charge in [0.1, 0.15) is 0 Å². The van der Waals surface area contributed by atoms with Crippen molar-refractivity contribution in [3.63, 3.8) is 0 Å². The Bertz CT molecular complexity index is 465. The third kappa shape index (κ3) is 2.97. The molecule has 3 aliphatic rings. The molecule has 0 bridgehead atoms. The van der Waals surface area contributed by atoms with E-state index >= 15 is 0 Å². The summed E-state index contributed by atoms with van der Waals surface area (Å²) in [5.41, 5.74) is -0.102. The highest BCUT2D eigenvalue weighted by molar-refractivity contribution is 5.87. The fourth-order valence-electron chi connectivity index (χ4n) is 3.90. The molecule has 5 heteroatoms. The monoisotopic (exact) mass is 304 g/mol. The van der Waals surface area contributed by atoms with Gasteiger partial charge in [-0.15, -0.1) is 0 Å². The average molecular weight is 304 g/mol. The second-order valence-electron chi connectivity index (χ2n) is 7.16. The summed E-state index contributed by atoms with van der Waals surface area (Å²) in [6.45, 7) is 2.94. The highest BCUT2D eigenvalue weighted by Gasteiger charge is 2.46. The quantitative estimate of drug-likeness (QED) is 0.800. The molecule has 122 valence electrons. The standard InChI is InChI=1S/C17H28N4O/c1-20(2)12-9-17(7-10-18-11-8-17)21-16(22)15-6-4-3-5-14(15)13-19-21/h3-4,13-15,18H,5-12H2,1-2H3. The van der Waals surface area contributed by atoms with Crippen LogP contribution < -0.4 is 5.32 Å². The SMILES string of the molecule is CN(C)CCC1(N2N=CC3CC=CCC3C2=O)CCNCC1. The second kappa shape index (κ2) is 6.50. The van der Waals surface area contributed by atoms with Crippen LogP contribution in [0.5, 0.6) is 0 Å². The molecule has 1 N–H and O–H groups in total. The summed E-state index contributed by atoms with van der Waals surface area (Å²) in [5, 5.41) is 9.94. The summed E-state index contributed by atoms with van der Waals surface area (Å²) in [7, 11) is 4.19. The molecule has 2 atom stereocenters. The molecular weight excluding hydrogens is 276 g/mol. The number of piperidine rings is 1. The third-order valence-electron chi connectivity index (χ3n) is 5.39. The molecule has 1 fully saturated rings. The first-order valence-electron chi connectivity index (χ1n) is 8.51. The molecule has 0 aromatic carbocycles. The zero-order valence-corrected chi connectivity index (χ0v) is 13.8. The van der Waals surface area contributed by atoms with E-state index < -0.39 is 0 Å². The van der Waals surface area contributed by atoms with Crippen molar-refractivity contribution >= 4 is 12.1 Å². The van der Waals surface area contributed by atoms with Gasteiger partial charge >= 0.3 is 0 Å². The van der Waals surface area contributed by atoms with E-state index in [1.807, 2.05) is 11.2 Å². The third-order valence-corrected chi connectivity index (χ3v) is 5.39. The Morgan fingerprint density at radius 1 is 1.32 bits per heavy atom. The van der Waals surface area contributed by atoms with Crippen molar-refractivity contribution in [1.29, 1.82) is 0 Å². The van der Waals surface area contributed by atoms with Gasteiger partial charge in [0, 0.05) is 12.1 Å². The van der Waals surface area contributed by atoms with Gasteiger partial charge in [-0.1, -0.05) is 12.2 Å². The molecule has 22 heavy (non-hydrogen) atoms. The van der Waals surface area contributed by atoms with Crippen LogP contribution in [0.15, 0.2) is 17.3 Å². The minimum absolute atomic E-state index is 0.102. The van der Waals surface area contributed by atoms with E-state index in [1.165, 1.54) is 0 Å². The maximum atomic E-state index is 13.1. The average Bonchev–Trinajstić information content (AvgIpc) is 2.54. The van der Waals surface area contributed by atoms with E-state index in [4.69, 9.17) is 0 Å². The summed E-state index contributed by atoms with van der Waals surface area (Å²) in [4.78, 5) is 15.3. The van der Waals surface area contributed by atoms with Gasteiger partial charge in [-0.3, -0.25) is 4.79 Å². The number of hydrazone groups is 1. The lowest BCUT2D eigenvalue weighted by Crippen LogP contribution is -2.59.